The van der Waals surface area contributed by atoms with Crippen molar-refractivity contribution in [3.05, 3.63) is 35.8 Å². The highest BCUT2D eigenvalue weighted by molar-refractivity contribution is 5.84. The Bertz CT molecular complexity index is 505. The number of halogens is 1. The first kappa shape index (κ1) is 11.1. The van der Waals surface area contributed by atoms with Gasteiger partial charge in [0.1, 0.15) is 5.82 Å². The highest BCUT2D eigenvalue weighted by Crippen LogP contribution is 2.25. The monoisotopic (exact) mass is 222 g/mol. The van der Waals surface area contributed by atoms with E-state index in [9.17, 15) is 4.39 Å². The van der Waals surface area contributed by atoms with Gasteiger partial charge >= 0.3 is 0 Å². The minimum absolute atomic E-state index is 0.243. The van der Waals surface area contributed by atoms with Crippen molar-refractivity contribution in [2.24, 2.45) is 5.90 Å². The van der Waals surface area contributed by atoms with Gasteiger partial charge < -0.3 is 4.57 Å². The standard InChI is InChI=1S/C12H15FN2O/c1-8(2)15-6-9(7-16-14)11-5-10(13)3-4-12(11)15/h3-6,8H,7,14H2,1-2H3. The molecule has 4 heteroatoms. The molecule has 3 nitrogen and oxygen atoms in total. The lowest BCUT2D eigenvalue weighted by Gasteiger charge is -2.08. The Morgan fingerprint density at radius 3 is 2.81 bits per heavy atom. The highest BCUT2D eigenvalue weighted by Gasteiger charge is 2.11. The molecule has 0 bridgehead atoms. The van der Waals surface area contributed by atoms with Gasteiger partial charge in [0.25, 0.3) is 0 Å². The summed E-state index contributed by atoms with van der Waals surface area (Å²) >= 11 is 0. The average Bonchev–Trinajstić information content (AvgIpc) is 2.58. The maximum atomic E-state index is 13.2. The first-order valence-electron chi connectivity index (χ1n) is 5.24. The molecule has 0 saturated heterocycles. The van der Waals surface area contributed by atoms with Gasteiger partial charge in [-0.2, -0.15) is 0 Å². The number of benzene rings is 1. The molecule has 2 N–H and O–H groups in total. The molecule has 0 aliphatic carbocycles. The molecule has 16 heavy (non-hydrogen) atoms. The lowest BCUT2D eigenvalue weighted by molar-refractivity contribution is 0.125. The van der Waals surface area contributed by atoms with E-state index in [1.807, 2.05) is 6.20 Å². The smallest absolute Gasteiger partial charge is 0.123 e. The third-order valence-corrected chi connectivity index (χ3v) is 2.67. The van der Waals surface area contributed by atoms with Gasteiger partial charge in [0, 0.05) is 28.7 Å². The van der Waals surface area contributed by atoms with Crippen LogP contribution >= 0.6 is 0 Å². The molecule has 0 radical (unpaired) electrons. The molecule has 0 saturated carbocycles. The Morgan fingerprint density at radius 1 is 1.44 bits per heavy atom. The lowest BCUT2D eigenvalue weighted by Crippen LogP contribution is -1.99. The Morgan fingerprint density at radius 2 is 2.19 bits per heavy atom. The molecular formula is C12H15FN2O. The van der Waals surface area contributed by atoms with Crippen molar-refractivity contribution < 1.29 is 9.23 Å². The molecule has 1 heterocycles. The summed E-state index contributed by atoms with van der Waals surface area (Å²) in [6.45, 7) is 4.45. The van der Waals surface area contributed by atoms with Crippen LogP contribution in [0.15, 0.2) is 24.4 Å². The Labute approximate surface area is 93.6 Å². The van der Waals surface area contributed by atoms with Gasteiger partial charge in [-0.3, -0.25) is 4.84 Å². The number of nitrogens with two attached hydrogens (primary N) is 1. The fourth-order valence-corrected chi connectivity index (χ4v) is 1.93. The van der Waals surface area contributed by atoms with Crippen LogP contribution in [-0.2, 0) is 11.4 Å². The number of fused-ring (bicyclic) bond motifs is 1. The van der Waals surface area contributed by atoms with Crippen LogP contribution in [0.1, 0.15) is 25.5 Å². The second-order valence-electron chi connectivity index (χ2n) is 4.13. The van der Waals surface area contributed by atoms with E-state index < -0.39 is 0 Å². The quantitative estimate of drug-likeness (QED) is 0.811. The lowest BCUT2D eigenvalue weighted by atomic mass is 10.2. The number of hydrogen-bond acceptors (Lipinski definition) is 2. The third-order valence-electron chi connectivity index (χ3n) is 2.67. The van der Waals surface area contributed by atoms with Crippen LogP contribution in [0.2, 0.25) is 0 Å². The molecule has 0 amide bonds. The van der Waals surface area contributed by atoms with Crippen molar-refractivity contribution in [3.8, 4) is 0 Å². The molecule has 0 spiro atoms. The van der Waals surface area contributed by atoms with Gasteiger partial charge in [0.15, 0.2) is 0 Å². The molecule has 0 aliphatic heterocycles. The summed E-state index contributed by atoms with van der Waals surface area (Å²) in [7, 11) is 0. The van der Waals surface area contributed by atoms with Crippen LogP contribution in [0.5, 0.6) is 0 Å². The van der Waals surface area contributed by atoms with Crippen LogP contribution in [0.4, 0.5) is 4.39 Å². The molecule has 0 fully saturated rings. The van der Waals surface area contributed by atoms with E-state index in [0.29, 0.717) is 12.6 Å². The second-order valence-corrected chi connectivity index (χ2v) is 4.13. The summed E-state index contributed by atoms with van der Waals surface area (Å²) in [5.41, 5.74) is 1.91. The van der Waals surface area contributed by atoms with Crippen molar-refractivity contribution in [2.75, 3.05) is 0 Å². The summed E-state index contributed by atoms with van der Waals surface area (Å²) in [5, 5.41) is 0.860. The van der Waals surface area contributed by atoms with E-state index in [1.165, 1.54) is 12.1 Å². The van der Waals surface area contributed by atoms with E-state index in [2.05, 4.69) is 23.3 Å². The zero-order valence-electron chi connectivity index (χ0n) is 9.40. The molecule has 2 aromatic rings. The maximum Gasteiger partial charge on any atom is 0.123 e. The van der Waals surface area contributed by atoms with Gasteiger partial charge in [-0.05, 0) is 32.0 Å². The molecule has 2 rings (SSSR count). The molecule has 86 valence electrons. The van der Waals surface area contributed by atoms with Gasteiger partial charge in [0.05, 0.1) is 6.61 Å². The molecule has 1 aromatic heterocycles. The summed E-state index contributed by atoms with van der Waals surface area (Å²) in [4.78, 5) is 4.63. The first-order chi connectivity index (χ1) is 7.63. The maximum absolute atomic E-state index is 13.2. The van der Waals surface area contributed by atoms with E-state index in [1.54, 1.807) is 6.07 Å². The Hall–Kier alpha value is -1.39. The minimum atomic E-state index is -0.243. The first-order valence-corrected chi connectivity index (χ1v) is 5.24. The topological polar surface area (TPSA) is 40.2 Å². The Kier molecular flexibility index (Phi) is 2.94. The van der Waals surface area contributed by atoms with Crippen LogP contribution in [-0.4, -0.2) is 4.57 Å². The number of nitrogens with zero attached hydrogens (tertiary/aromatic N) is 1. The highest BCUT2D eigenvalue weighted by atomic mass is 19.1. The average molecular weight is 222 g/mol. The summed E-state index contributed by atoms with van der Waals surface area (Å²) in [6, 6.07) is 5.08. The molecule has 0 aliphatic rings. The molecular weight excluding hydrogens is 207 g/mol. The number of rotatable bonds is 3. The normalized spacial score (nSPS) is 11.6. The van der Waals surface area contributed by atoms with Crippen LogP contribution in [0, 0.1) is 5.82 Å². The molecule has 0 atom stereocenters. The van der Waals surface area contributed by atoms with E-state index in [-0.39, 0.29) is 5.82 Å². The van der Waals surface area contributed by atoms with Crippen molar-refractivity contribution in [3.63, 3.8) is 0 Å². The molecule has 0 unspecified atom stereocenters. The van der Waals surface area contributed by atoms with Gasteiger partial charge in [-0.25, -0.2) is 10.3 Å². The SMILES string of the molecule is CC(C)n1cc(CON)c2cc(F)ccc21. The van der Waals surface area contributed by atoms with Crippen molar-refractivity contribution in [1.82, 2.24) is 4.57 Å². The predicted molar refractivity (Wildman–Crippen MR) is 61.3 cm³/mol. The van der Waals surface area contributed by atoms with Crippen LogP contribution < -0.4 is 5.90 Å². The molecule has 1 aromatic carbocycles. The largest absolute Gasteiger partial charge is 0.345 e. The number of aromatic nitrogens is 1. The van der Waals surface area contributed by atoms with Crippen molar-refractivity contribution >= 4 is 10.9 Å². The minimum Gasteiger partial charge on any atom is -0.345 e. The predicted octanol–water partition coefficient (Wildman–Crippen LogP) is 2.75. The van der Waals surface area contributed by atoms with E-state index in [4.69, 9.17) is 5.90 Å². The van der Waals surface area contributed by atoms with Crippen LogP contribution in [0.25, 0.3) is 10.9 Å². The fraction of sp³-hybridized carbons (Fsp3) is 0.333. The third kappa shape index (κ3) is 1.81. The second kappa shape index (κ2) is 4.23. The fourth-order valence-electron chi connectivity index (χ4n) is 1.93. The number of hydrogen-bond donors (Lipinski definition) is 1. The van der Waals surface area contributed by atoms with Crippen LogP contribution in [0.3, 0.4) is 0 Å². The zero-order chi connectivity index (χ0) is 11.7. The van der Waals surface area contributed by atoms with Crippen molar-refractivity contribution in [2.45, 2.75) is 26.5 Å². The van der Waals surface area contributed by atoms with Gasteiger partial charge in [-0.15, -0.1) is 0 Å². The zero-order valence-corrected chi connectivity index (χ0v) is 9.40. The van der Waals surface area contributed by atoms with Crippen molar-refractivity contribution in [1.29, 1.82) is 0 Å². The van der Waals surface area contributed by atoms with E-state index >= 15 is 0 Å². The Balaban J connectivity index is 2.66. The van der Waals surface area contributed by atoms with E-state index in [0.717, 1.165) is 16.5 Å². The summed E-state index contributed by atoms with van der Waals surface area (Å²) in [6.07, 6.45) is 1.96. The summed E-state index contributed by atoms with van der Waals surface area (Å²) in [5.74, 6) is 4.83. The summed E-state index contributed by atoms with van der Waals surface area (Å²) < 4.78 is 15.3. The van der Waals surface area contributed by atoms with Gasteiger partial charge in [-0.1, -0.05) is 0 Å². The van der Waals surface area contributed by atoms with Gasteiger partial charge in [0.2, 0.25) is 0 Å².